The molecule has 172 valence electrons. The fourth-order valence-corrected chi connectivity index (χ4v) is 5.20. The zero-order valence-electron chi connectivity index (χ0n) is 18.4. The number of para-hydroxylation sites is 1. The van der Waals surface area contributed by atoms with Gasteiger partial charge in [0.2, 0.25) is 10.0 Å². The molecular formula is C25H26N2O5S. The summed E-state index contributed by atoms with van der Waals surface area (Å²) in [5.41, 5.74) is 1.28. The van der Waals surface area contributed by atoms with Crippen molar-refractivity contribution in [3.8, 4) is 17.2 Å². The van der Waals surface area contributed by atoms with E-state index in [0.717, 1.165) is 18.6 Å². The lowest BCUT2D eigenvalue weighted by Gasteiger charge is -2.17. The number of carbonyl (C=O) groups is 1. The van der Waals surface area contributed by atoms with Gasteiger partial charge in [-0.3, -0.25) is 4.79 Å². The van der Waals surface area contributed by atoms with Gasteiger partial charge in [-0.1, -0.05) is 18.2 Å². The summed E-state index contributed by atoms with van der Waals surface area (Å²) in [6, 6.07) is 21.2. The summed E-state index contributed by atoms with van der Waals surface area (Å²) < 4.78 is 38.3. The van der Waals surface area contributed by atoms with Crippen LogP contribution in [0.1, 0.15) is 18.4 Å². The van der Waals surface area contributed by atoms with Crippen LogP contribution in [0, 0.1) is 6.92 Å². The summed E-state index contributed by atoms with van der Waals surface area (Å²) >= 11 is 0. The number of sulfonamides is 1. The van der Waals surface area contributed by atoms with E-state index in [0.29, 0.717) is 35.8 Å². The minimum atomic E-state index is -3.49. The molecule has 3 aromatic rings. The van der Waals surface area contributed by atoms with Crippen molar-refractivity contribution in [3.63, 3.8) is 0 Å². The first-order chi connectivity index (χ1) is 15.9. The third kappa shape index (κ3) is 5.71. The second kappa shape index (κ2) is 10.1. The van der Waals surface area contributed by atoms with E-state index in [1.807, 2.05) is 30.3 Å². The number of hydrogen-bond acceptors (Lipinski definition) is 5. The molecule has 33 heavy (non-hydrogen) atoms. The molecule has 0 aliphatic carbocycles. The molecule has 1 aliphatic heterocycles. The molecule has 1 amide bonds. The molecule has 0 saturated carbocycles. The third-order valence-corrected chi connectivity index (χ3v) is 7.22. The smallest absolute Gasteiger partial charge is 0.262 e. The molecule has 0 radical (unpaired) electrons. The number of rotatable bonds is 8. The van der Waals surface area contributed by atoms with Crippen molar-refractivity contribution in [1.82, 2.24) is 4.31 Å². The van der Waals surface area contributed by atoms with Gasteiger partial charge < -0.3 is 14.8 Å². The van der Waals surface area contributed by atoms with Crippen LogP contribution in [0.15, 0.2) is 77.7 Å². The molecule has 4 rings (SSSR count). The Morgan fingerprint density at radius 2 is 1.61 bits per heavy atom. The van der Waals surface area contributed by atoms with E-state index in [1.54, 1.807) is 43.3 Å². The molecule has 0 bridgehead atoms. The Bertz CT molecular complexity index is 1210. The molecule has 8 heteroatoms. The third-order valence-electron chi connectivity index (χ3n) is 5.32. The Labute approximate surface area is 194 Å². The zero-order chi connectivity index (χ0) is 23.3. The summed E-state index contributed by atoms with van der Waals surface area (Å²) in [4.78, 5) is 12.6. The van der Waals surface area contributed by atoms with Gasteiger partial charge in [-0.25, -0.2) is 8.42 Å². The van der Waals surface area contributed by atoms with Crippen LogP contribution in [-0.4, -0.2) is 38.3 Å². The van der Waals surface area contributed by atoms with Crippen LogP contribution < -0.4 is 14.8 Å². The predicted molar refractivity (Wildman–Crippen MR) is 126 cm³/mol. The van der Waals surface area contributed by atoms with Crippen molar-refractivity contribution < 1.29 is 22.7 Å². The molecule has 7 nitrogen and oxygen atoms in total. The molecule has 1 N–H and O–H groups in total. The Hall–Kier alpha value is -3.36. The van der Waals surface area contributed by atoms with Gasteiger partial charge in [0.25, 0.3) is 5.91 Å². The van der Waals surface area contributed by atoms with Crippen LogP contribution in [0.3, 0.4) is 0 Å². The number of ether oxygens (including phenoxy) is 2. The van der Waals surface area contributed by atoms with Gasteiger partial charge >= 0.3 is 0 Å². The average molecular weight is 467 g/mol. The van der Waals surface area contributed by atoms with Gasteiger partial charge in [-0.05, 0) is 79.9 Å². The molecule has 0 atom stereocenters. The van der Waals surface area contributed by atoms with Crippen LogP contribution in [-0.2, 0) is 14.8 Å². The SMILES string of the molecule is Cc1cc(S(=O)(=O)N2CCCC2)ccc1OCC(=O)Nc1ccc(Oc2ccccc2)cc1. The van der Waals surface area contributed by atoms with Gasteiger partial charge in [0.1, 0.15) is 17.2 Å². The molecule has 0 aromatic heterocycles. The number of hydrogen-bond donors (Lipinski definition) is 1. The monoisotopic (exact) mass is 466 g/mol. The molecule has 0 spiro atoms. The van der Waals surface area contributed by atoms with Crippen LogP contribution in [0.5, 0.6) is 17.2 Å². The molecule has 3 aromatic carbocycles. The van der Waals surface area contributed by atoms with Crippen molar-refractivity contribution in [2.75, 3.05) is 25.0 Å². The molecule has 1 saturated heterocycles. The average Bonchev–Trinajstić information content (AvgIpc) is 3.36. The second-order valence-corrected chi connectivity index (χ2v) is 9.75. The highest BCUT2D eigenvalue weighted by Crippen LogP contribution is 2.26. The number of benzene rings is 3. The van der Waals surface area contributed by atoms with Crippen LogP contribution >= 0.6 is 0 Å². The fraction of sp³-hybridized carbons (Fsp3) is 0.240. The second-order valence-electron chi connectivity index (χ2n) is 7.81. The Morgan fingerprint density at radius 3 is 2.27 bits per heavy atom. The lowest BCUT2D eigenvalue weighted by atomic mass is 10.2. The number of nitrogens with one attached hydrogen (secondary N) is 1. The maximum absolute atomic E-state index is 12.7. The number of carbonyl (C=O) groups excluding carboxylic acids is 1. The molecule has 1 fully saturated rings. The maximum Gasteiger partial charge on any atom is 0.262 e. The van der Waals surface area contributed by atoms with E-state index in [4.69, 9.17) is 9.47 Å². The van der Waals surface area contributed by atoms with Crippen molar-refractivity contribution in [2.45, 2.75) is 24.7 Å². The first kappa shape index (κ1) is 22.8. The van der Waals surface area contributed by atoms with Crippen LogP contribution in [0.2, 0.25) is 0 Å². The first-order valence-corrected chi connectivity index (χ1v) is 12.2. The van der Waals surface area contributed by atoms with E-state index in [-0.39, 0.29) is 17.4 Å². The summed E-state index contributed by atoms with van der Waals surface area (Å²) in [5.74, 6) is 1.55. The number of aryl methyl sites for hydroxylation is 1. The molecule has 1 aliphatic rings. The van der Waals surface area contributed by atoms with E-state index >= 15 is 0 Å². The van der Waals surface area contributed by atoms with Gasteiger partial charge in [-0.2, -0.15) is 4.31 Å². The van der Waals surface area contributed by atoms with E-state index in [9.17, 15) is 13.2 Å². The molecule has 0 unspecified atom stereocenters. The number of amides is 1. The maximum atomic E-state index is 12.7. The predicted octanol–water partition coefficient (Wildman–Crippen LogP) is 4.59. The van der Waals surface area contributed by atoms with Gasteiger partial charge in [0.15, 0.2) is 6.61 Å². The first-order valence-electron chi connectivity index (χ1n) is 10.8. The minimum Gasteiger partial charge on any atom is -0.483 e. The largest absolute Gasteiger partial charge is 0.483 e. The normalized spacial score (nSPS) is 14.1. The number of anilines is 1. The summed E-state index contributed by atoms with van der Waals surface area (Å²) in [6.07, 6.45) is 1.77. The van der Waals surface area contributed by atoms with Gasteiger partial charge in [0, 0.05) is 18.8 Å². The molecule has 1 heterocycles. The van der Waals surface area contributed by atoms with Crippen molar-refractivity contribution >= 4 is 21.6 Å². The zero-order valence-corrected chi connectivity index (χ0v) is 19.2. The van der Waals surface area contributed by atoms with Crippen molar-refractivity contribution in [1.29, 1.82) is 0 Å². The number of nitrogens with zero attached hydrogens (tertiary/aromatic N) is 1. The highest BCUT2D eigenvalue weighted by atomic mass is 32.2. The lowest BCUT2D eigenvalue weighted by molar-refractivity contribution is -0.118. The van der Waals surface area contributed by atoms with Crippen molar-refractivity contribution in [2.24, 2.45) is 0 Å². The van der Waals surface area contributed by atoms with Gasteiger partial charge in [0.05, 0.1) is 4.90 Å². The Kier molecular flexibility index (Phi) is 6.96. The standard InChI is InChI=1S/C25H26N2O5S/c1-19-17-23(33(29,30)27-15-5-6-16-27)13-14-24(19)31-18-25(28)26-20-9-11-22(12-10-20)32-21-7-3-2-4-8-21/h2-4,7-14,17H,5-6,15-16,18H2,1H3,(H,26,28). The van der Waals surface area contributed by atoms with Crippen LogP contribution in [0.4, 0.5) is 5.69 Å². The minimum absolute atomic E-state index is 0.193. The highest BCUT2D eigenvalue weighted by molar-refractivity contribution is 7.89. The van der Waals surface area contributed by atoms with Crippen molar-refractivity contribution in [3.05, 3.63) is 78.4 Å². The highest BCUT2D eigenvalue weighted by Gasteiger charge is 2.27. The van der Waals surface area contributed by atoms with E-state index < -0.39 is 10.0 Å². The Balaban J connectivity index is 1.31. The topological polar surface area (TPSA) is 84.9 Å². The molecular weight excluding hydrogens is 440 g/mol. The quantitative estimate of drug-likeness (QED) is 0.525. The summed E-state index contributed by atoms with van der Waals surface area (Å²) in [6.45, 7) is 2.68. The Morgan fingerprint density at radius 1 is 0.939 bits per heavy atom. The van der Waals surface area contributed by atoms with Gasteiger partial charge in [-0.15, -0.1) is 0 Å². The summed E-state index contributed by atoms with van der Waals surface area (Å²) in [7, 11) is -3.49. The summed E-state index contributed by atoms with van der Waals surface area (Å²) in [5, 5.41) is 2.77. The lowest BCUT2D eigenvalue weighted by Crippen LogP contribution is -2.27. The van der Waals surface area contributed by atoms with E-state index in [1.165, 1.54) is 10.4 Å². The fourth-order valence-electron chi connectivity index (χ4n) is 3.59. The van der Waals surface area contributed by atoms with E-state index in [2.05, 4.69) is 5.32 Å². The van der Waals surface area contributed by atoms with Crippen LogP contribution in [0.25, 0.3) is 0 Å².